The third-order valence-corrected chi connectivity index (χ3v) is 3.52. The predicted octanol–water partition coefficient (Wildman–Crippen LogP) is 2.12. The lowest BCUT2D eigenvalue weighted by Crippen LogP contribution is -2.39. The number of hydrogen-bond donors (Lipinski definition) is 1. The standard InChI is InChI=1S/C14H26N4/c1-5-18-11-13(9-16-18)17-7-6-12(10-17)8-15-14(2,3)4/h9,11-12,15H,5-8,10H2,1-4H3. The van der Waals surface area contributed by atoms with Crippen molar-refractivity contribution < 1.29 is 0 Å². The summed E-state index contributed by atoms with van der Waals surface area (Å²) in [6.45, 7) is 13.2. The molecule has 2 heterocycles. The second-order valence-corrected chi connectivity index (χ2v) is 6.29. The van der Waals surface area contributed by atoms with Gasteiger partial charge in [-0.2, -0.15) is 5.10 Å². The monoisotopic (exact) mass is 250 g/mol. The van der Waals surface area contributed by atoms with E-state index in [1.54, 1.807) is 0 Å². The van der Waals surface area contributed by atoms with Crippen LogP contribution in [0.15, 0.2) is 12.4 Å². The van der Waals surface area contributed by atoms with Crippen molar-refractivity contribution >= 4 is 5.69 Å². The second kappa shape index (κ2) is 5.31. The van der Waals surface area contributed by atoms with Crippen LogP contribution < -0.4 is 10.2 Å². The van der Waals surface area contributed by atoms with Crippen LogP contribution in [0.2, 0.25) is 0 Å². The van der Waals surface area contributed by atoms with Crippen LogP contribution in [0.5, 0.6) is 0 Å². The summed E-state index contributed by atoms with van der Waals surface area (Å²) in [4.78, 5) is 2.45. The number of rotatable bonds is 4. The Morgan fingerprint density at radius 1 is 1.44 bits per heavy atom. The first-order valence-corrected chi connectivity index (χ1v) is 7.00. The van der Waals surface area contributed by atoms with Gasteiger partial charge in [0.15, 0.2) is 0 Å². The Hall–Kier alpha value is -1.03. The minimum Gasteiger partial charge on any atom is -0.369 e. The highest BCUT2D eigenvalue weighted by atomic mass is 15.3. The molecule has 4 nitrogen and oxygen atoms in total. The van der Waals surface area contributed by atoms with Gasteiger partial charge in [0.05, 0.1) is 11.9 Å². The van der Waals surface area contributed by atoms with Crippen molar-refractivity contribution in [2.45, 2.75) is 46.2 Å². The normalized spacial score (nSPS) is 20.7. The smallest absolute Gasteiger partial charge is 0.0752 e. The van der Waals surface area contributed by atoms with Gasteiger partial charge in [-0.15, -0.1) is 0 Å². The Labute approximate surface area is 110 Å². The second-order valence-electron chi connectivity index (χ2n) is 6.29. The zero-order chi connectivity index (χ0) is 13.2. The highest BCUT2D eigenvalue weighted by Gasteiger charge is 2.24. The lowest BCUT2D eigenvalue weighted by molar-refractivity contribution is 0.383. The Kier molecular flexibility index (Phi) is 3.95. The number of nitrogens with zero attached hydrogens (tertiary/aromatic N) is 3. The third-order valence-electron chi connectivity index (χ3n) is 3.52. The number of anilines is 1. The Bertz CT molecular complexity index is 377. The maximum absolute atomic E-state index is 4.35. The van der Waals surface area contributed by atoms with E-state index in [2.05, 4.69) is 49.2 Å². The van der Waals surface area contributed by atoms with Crippen molar-refractivity contribution in [3.63, 3.8) is 0 Å². The van der Waals surface area contributed by atoms with Gasteiger partial charge in [-0.25, -0.2) is 0 Å². The SMILES string of the molecule is CCn1cc(N2CCC(CNC(C)(C)C)C2)cn1. The van der Waals surface area contributed by atoms with Crippen molar-refractivity contribution in [3.8, 4) is 0 Å². The van der Waals surface area contributed by atoms with Crippen molar-refractivity contribution in [2.24, 2.45) is 5.92 Å². The quantitative estimate of drug-likeness (QED) is 0.888. The molecule has 1 aromatic heterocycles. The average molecular weight is 250 g/mol. The van der Waals surface area contributed by atoms with Crippen LogP contribution in [0, 0.1) is 5.92 Å². The molecule has 4 heteroatoms. The summed E-state index contributed by atoms with van der Waals surface area (Å²) >= 11 is 0. The average Bonchev–Trinajstić information content (AvgIpc) is 2.94. The van der Waals surface area contributed by atoms with Gasteiger partial charge in [0.25, 0.3) is 0 Å². The van der Waals surface area contributed by atoms with Gasteiger partial charge in [-0.1, -0.05) is 0 Å². The maximum Gasteiger partial charge on any atom is 0.0752 e. The summed E-state index contributed by atoms with van der Waals surface area (Å²) in [5.41, 5.74) is 1.50. The minimum atomic E-state index is 0.223. The van der Waals surface area contributed by atoms with Crippen molar-refractivity contribution in [2.75, 3.05) is 24.5 Å². The van der Waals surface area contributed by atoms with Gasteiger partial charge in [0, 0.05) is 37.9 Å². The van der Waals surface area contributed by atoms with Crippen molar-refractivity contribution in [3.05, 3.63) is 12.4 Å². The highest BCUT2D eigenvalue weighted by Crippen LogP contribution is 2.23. The van der Waals surface area contributed by atoms with Gasteiger partial charge in [0.2, 0.25) is 0 Å². The van der Waals surface area contributed by atoms with E-state index in [1.165, 1.54) is 12.1 Å². The molecular weight excluding hydrogens is 224 g/mol. The summed E-state index contributed by atoms with van der Waals surface area (Å²) in [5.74, 6) is 0.759. The lowest BCUT2D eigenvalue weighted by Gasteiger charge is -2.23. The van der Waals surface area contributed by atoms with Crippen LogP contribution in [0.25, 0.3) is 0 Å². The highest BCUT2D eigenvalue weighted by molar-refractivity contribution is 5.43. The van der Waals surface area contributed by atoms with E-state index in [0.717, 1.165) is 32.1 Å². The Balaban J connectivity index is 1.84. The molecule has 1 atom stereocenters. The fourth-order valence-corrected chi connectivity index (χ4v) is 2.37. The number of hydrogen-bond acceptors (Lipinski definition) is 3. The summed E-state index contributed by atoms with van der Waals surface area (Å²) in [6.07, 6.45) is 5.42. The molecule has 2 rings (SSSR count). The minimum absolute atomic E-state index is 0.223. The fourth-order valence-electron chi connectivity index (χ4n) is 2.37. The molecule has 0 saturated carbocycles. The molecule has 0 radical (unpaired) electrons. The molecule has 1 aliphatic rings. The molecule has 0 spiro atoms. The topological polar surface area (TPSA) is 33.1 Å². The Morgan fingerprint density at radius 3 is 2.83 bits per heavy atom. The number of aromatic nitrogens is 2. The molecule has 1 saturated heterocycles. The van der Waals surface area contributed by atoms with Crippen LogP contribution >= 0.6 is 0 Å². The predicted molar refractivity (Wildman–Crippen MR) is 76.0 cm³/mol. The molecule has 0 bridgehead atoms. The summed E-state index contributed by atoms with van der Waals surface area (Å²) in [5, 5.41) is 7.95. The van der Waals surface area contributed by atoms with Gasteiger partial charge in [-0.05, 0) is 40.0 Å². The third kappa shape index (κ3) is 3.48. The zero-order valence-electron chi connectivity index (χ0n) is 12.1. The van der Waals surface area contributed by atoms with Gasteiger partial charge in [0.1, 0.15) is 0 Å². The van der Waals surface area contributed by atoms with E-state index in [-0.39, 0.29) is 5.54 Å². The van der Waals surface area contributed by atoms with Gasteiger partial charge in [-0.3, -0.25) is 4.68 Å². The van der Waals surface area contributed by atoms with Crippen molar-refractivity contribution in [1.82, 2.24) is 15.1 Å². The molecule has 0 aliphatic carbocycles. The van der Waals surface area contributed by atoms with E-state index in [9.17, 15) is 0 Å². The lowest BCUT2D eigenvalue weighted by atomic mass is 10.1. The molecule has 102 valence electrons. The van der Waals surface area contributed by atoms with Crippen molar-refractivity contribution in [1.29, 1.82) is 0 Å². The largest absolute Gasteiger partial charge is 0.369 e. The first-order valence-electron chi connectivity index (χ1n) is 7.00. The van der Waals surface area contributed by atoms with E-state index < -0.39 is 0 Å². The Morgan fingerprint density at radius 2 is 2.22 bits per heavy atom. The van der Waals surface area contributed by atoms with E-state index in [0.29, 0.717) is 0 Å². The molecule has 18 heavy (non-hydrogen) atoms. The first kappa shape index (κ1) is 13.4. The van der Waals surface area contributed by atoms with E-state index in [1.807, 2.05) is 10.9 Å². The maximum atomic E-state index is 4.35. The van der Waals surface area contributed by atoms with Crippen LogP contribution in [0.1, 0.15) is 34.1 Å². The molecular formula is C14H26N4. The van der Waals surface area contributed by atoms with Crippen LogP contribution in [-0.2, 0) is 6.54 Å². The molecule has 1 fully saturated rings. The fraction of sp³-hybridized carbons (Fsp3) is 0.786. The first-order chi connectivity index (χ1) is 8.48. The van der Waals surface area contributed by atoms with Crippen LogP contribution in [0.3, 0.4) is 0 Å². The van der Waals surface area contributed by atoms with Crippen LogP contribution in [-0.4, -0.2) is 35.0 Å². The molecule has 1 aliphatic heterocycles. The molecule has 1 unspecified atom stereocenters. The van der Waals surface area contributed by atoms with Crippen LogP contribution in [0.4, 0.5) is 5.69 Å². The summed E-state index contributed by atoms with van der Waals surface area (Å²) in [6, 6.07) is 0. The van der Waals surface area contributed by atoms with E-state index in [4.69, 9.17) is 0 Å². The van der Waals surface area contributed by atoms with Gasteiger partial charge >= 0.3 is 0 Å². The summed E-state index contributed by atoms with van der Waals surface area (Å²) < 4.78 is 2.00. The number of nitrogens with one attached hydrogen (secondary N) is 1. The van der Waals surface area contributed by atoms with Gasteiger partial charge < -0.3 is 10.2 Å². The molecule has 1 aromatic rings. The summed E-state index contributed by atoms with van der Waals surface area (Å²) in [7, 11) is 0. The van der Waals surface area contributed by atoms with E-state index >= 15 is 0 Å². The molecule has 0 aromatic carbocycles. The molecule has 1 N–H and O–H groups in total. The number of aryl methyl sites for hydroxylation is 1. The zero-order valence-corrected chi connectivity index (χ0v) is 12.1. The molecule has 0 amide bonds.